The molecular formula is C5H9NO3. The van der Waals surface area contributed by atoms with Crippen LogP contribution in [0.5, 0.6) is 0 Å². The molecule has 9 heavy (non-hydrogen) atoms. The van der Waals surface area contributed by atoms with Gasteiger partial charge in [0.15, 0.2) is 5.78 Å². The van der Waals surface area contributed by atoms with Gasteiger partial charge in [0.25, 0.3) is 0 Å². The van der Waals surface area contributed by atoms with E-state index < -0.39 is 24.2 Å². The highest BCUT2D eigenvalue weighted by Crippen LogP contribution is 1.86. The van der Waals surface area contributed by atoms with Gasteiger partial charge in [-0.2, -0.15) is 0 Å². The number of hydrogen-bond acceptors (Lipinski definition) is 3. The van der Waals surface area contributed by atoms with E-state index in [4.69, 9.17) is 10.8 Å². The molecule has 0 aromatic heterocycles. The first-order valence-corrected chi connectivity index (χ1v) is 2.54. The Kier molecular flexibility index (Phi) is 2.87. The van der Waals surface area contributed by atoms with Crippen LogP contribution in [0.1, 0.15) is 13.3 Å². The zero-order chi connectivity index (χ0) is 7.44. The summed E-state index contributed by atoms with van der Waals surface area (Å²) in [6, 6.07) is -0.666. The van der Waals surface area contributed by atoms with Crippen molar-refractivity contribution in [1.29, 1.82) is 0 Å². The molecule has 0 heterocycles. The second-order valence-corrected chi connectivity index (χ2v) is 1.83. The monoisotopic (exact) mass is 131 g/mol. The highest BCUT2D eigenvalue weighted by atomic mass is 16.4. The van der Waals surface area contributed by atoms with Crippen molar-refractivity contribution in [2.24, 2.45) is 5.73 Å². The van der Waals surface area contributed by atoms with Gasteiger partial charge in [-0.3, -0.25) is 9.59 Å². The van der Waals surface area contributed by atoms with Crippen LogP contribution in [0.4, 0.5) is 0 Å². The molecule has 0 aliphatic carbocycles. The molecule has 1 atom stereocenters. The molecule has 0 aromatic rings. The lowest BCUT2D eigenvalue weighted by molar-refractivity contribution is -0.140. The van der Waals surface area contributed by atoms with Gasteiger partial charge in [-0.25, -0.2) is 0 Å². The van der Waals surface area contributed by atoms with E-state index in [0.717, 1.165) is 0 Å². The fraction of sp³-hybridized carbons (Fsp3) is 0.600. The number of rotatable bonds is 3. The first kappa shape index (κ1) is 8.10. The van der Waals surface area contributed by atoms with Gasteiger partial charge in [-0.1, -0.05) is 0 Å². The Morgan fingerprint density at radius 1 is 1.67 bits per heavy atom. The zero-order valence-electron chi connectivity index (χ0n) is 5.13. The quantitative estimate of drug-likeness (QED) is 0.500. The first-order valence-electron chi connectivity index (χ1n) is 2.54. The van der Waals surface area contributed by atoms with E-state index in [2.05, 4.69) is 0 Å². The highest BCUT2D eigenvalue weighted by molar-refractivity contribution is 5.97. The summed E-state index contributed by atoms with van der Waals surface area (Å²) in [5.74, 6) is -1.57. The second kappa shape index (κ2) is 3.19. The maximum Gasteiger partial charge on any atom is 0.310 e. The zero-order valence-corrected chi connectivity index (χ0v) is 5.13. The van der Waals surface area contributed by atoms with Crippen LogP contribution in [0.2, 0.25) is 0 Å². The number of Topliss-reactive ketones (excluding diaryl/α,β-unsaturated/α-hetero) is 1. The normalized spacial score (nSPS) is 12.7. The van der Waals surface area contributed by atoms with Crippen molar-refractivity contribution in [1.82, 2.24) is 0 Å². The van der Waals surface area contributed by atoms with Crippen molar-refractivity contribution in [2.75, 3.05) is 0 Å². The van der Waals surface area contributed by atoms with E-state index >= 15 is 0 Å². The standard InChI is InChI=1S/C5H9NO3/c1-3(6)4(7)2-5(8)9/h3H,2,6H2,1H3,(H,8,9)/t3-/m0/s1. The SMILES string of the molecule is C[C@H](N)C(=O)CC(=O)O. The summed E-state index contributed by atoms with van der Waals surface area (Å²) in [5, 5.41) is 8.06. The molecular weight excluding hydrogens is 122 g/mol. The van der Waals surface area contributed by atoms with Crippen LogP contribution in [0.3, 0.4) is 0 Å². The average Bonchev–Trinajstić information content (AvgIpc) is 1.63. The van der Waals surface area contributed by atoms with Crippen molar-refractivity contribution >= 4 is 11.8 Å². The number of ketones is 1. The van der Waals surface area contributed by atoms with Gasteiger partial charge in [-0.05, 0) is 6.92 Å². The van der Waals surface area contributed by atoms with Gasteiger partial charge in [0.1, 0.15) is 6.42 Å². The fourth-order valence-corrected chi connectivity index (χ4v) is 0.310. The number of carbonyl (C=O) groups is 2. The molecule has 0 spiro atoms. The molecule has 0 fully saturated rings. The third kappa shape index (κ3) is 3.66. The third-order valence-electron chi connectivity index (χ3n) is 0.833. The summed E-state index contributed by atoms with van der Waals surface area (Å²) in [6.45, 7) is 1.46. The van der Waals surface area contributed by atoms with Crippen molar-refractivity contribution < 1.29 is 14.7 Å². The van der Waals surface area contributed by atoms with Crippen molar-refractivity contribution in [2.45, 2.75) is 19.4 Å². The van der Waals surface area contributed by atoms with E-state index in [0.29, 0.717) is 0 Å². The predicted molar refractivity (Wildman–Crippen MR) is 30.9 cm³/mol. The number of carboxylic acid groups (broad SMARTS) is 1. The van der Waals surface area contributed by atoms with Crippen LogP contribution in [-0.2, 0) is 9.59 Å². The van der Waals surface area contributed by atoms with E-state index in [1.54, 1.807) is 0 Å². The molecule has 4 heteroatoms. The molecule has 0 aliphatic rings. The summed E-state index contributed by atoms with van der Waals surface area (Å²) in [6.07, 6.45) is -0.475. The van der Waals surface area contributed by atoms with Crippen molar-refractivity contribution in [3.63, 3.8) is 0 Å². The molecule has 0 aliphatic heterocycles. The van der Waals surface area contributed by atoms with Crippen molar-refractivity contribution in [3.8, 4) is 0 Å². The first-order chi connectivity index (χ1) is 4.04. The Morgan fingerprint density at radius 3 is 2.22 bits per heavy atom. The lowest BCUT2D eigenvalue weighted by Crippen LogP contribution is -2.28. The summed E-state index contributed by atoms with van der Waals surface area (Å²) in [7, 11) is 0. The van der Waals surface area contributed by atoms with E-state index in [9.17, 15) is 9.59 Å². The Morgan fingerprint density at radius 2 is 2.11 bits per heavy atom. The van der Waals surface area contributed by atoms with Crippen LogP contribution in [0, 0.1) is 0 Å². The molecule has 0 saturated heterocycles. The molecule has 0 bridgehead atoms. The molecule has 0 amide bonds. The third-order valence-corrected chi connectivity index (χ3v) is 0.833. The Bertz CT molecular complexity index is 130. The summed E-state index contributed by atoms with van der Waals surface area (Å²) in [4.78, 5) is 20.3. The van der Waals surface area contributed by atoms with Crippen LogP contribution in [-0.4, -0.2) is 22.9 Å². The molecule has 3 N–H and O–H groups in total. The molecule has 0 rings (SSSR count). The number of aliphatic carboxylic acids is 1. The minimum absolute atomic E-state index is 0.442. The maximum absolute atomic E-state index is 10.4. The minimum atomic E-state index is -1.13. The lowest BCUT2D eigenvalue weighted by Gasteiger charge is -1.98. The van der Waals surface area contributed by atoms with Crippen molar-refractivity contribution in [3.05, 3.63) is 0 Å². The van der Waals surface area contributed by atoms with Crippen LogP contribution in [0.15, 0.2) is 0 Å². The Balaban J connectivity index is 3.64. The van der Waals surface area contributed by atoms with Crippen LogP contribution >= 0.6 is 0 Å². The van der Waals surface area contributed by atoms with E-state index in [1.807, 2.05) is 0 Å². The molecule has 52 valence electrons. The largest absolute Gasteiger partial charge is 0.481 e. The summed E-state index contributed by atoms with van der Waals surface area (Å²) in [5.41, 5.74) is 5.07. The molecule has 0 saturated carbocycles. The molecule has 0 unspecified atom stereocenters. The van der Waals surface area contributed by atoms with E-state index in [1.165, 1.54) is 6.92 Å². The minimum Gasteiger partial charge on any atom is -0.481 e. The molecule has 4 nitrogen and oxygen atoms in total. The smallest absolute Gasteiger partial charge is 0.310 e. The van der Waals surface area contributed by atoms with Gasteiger partial charge < -0.3 is 10.8 Å². The van der Waals surface area contributed by atoms with Crippen LogP contribution in [0.25, 0.3) is 0 Å². The second-order valence-electron chi connectivity index (χ2n) is 1.83. The Labute approximate surface area is 52.7 Å². The number of carbonyl (C=O) groups excluding carboxylic acids is 1. The predicted octanol–water partition coefficient (Wildman–Crippen LogP) is -0.623. The number of carboxylic acids is 1. The van der Waals surface area contributed by atoms with Gasteiger partial charge in [0, 0.05) is 0 Å². The van der Waals surface area contributed by atoms with Gasteiger partial charge in [0.05, 0.1) is 6.04 Å². The highest BCUT2D eigenvalue weighted by Gasteiger charge is 2.10. The van der Waals surface area contributed by atoms with Crippen LogP contribution < -0.4 is 5.73 Å². The molecule has 0 aromatic carbocycles. The van der Waals surface area contributed by atoms with Gasteiger partial charge in [0.2, 0.25) is 0 Å². The lowest BCUT2D eigenvalue weighted by atomic mass is 10.2. The molecule has 0 radical (unpaired) electrons. The van der Waals surface area contributed by atoms with Gasteiger partial charge >= 0.3 is 5.97 Å². The van der Waals surface area contributed by atoms with E-state index in [-0.39, 0.29) is 0 Å². The number of hydrogen-bond donors (Lipinski definition) is 2. The topological polar surface area (TPSA) is 80.4 Å². The maximum atomic E-state index is 10.4. The Hall–Kier alpha value is -0.900. The average molecular weight is 131 g/mol. The summed E-state index contributed by atoms with van der Waals surface area (Å²) < 4.78 is 0. The number of nitrogens with two attached hydrogens (primary N) is 1. The fourth-order valence-electron chi connectivity index (χ4n) is 0.310. The van der Waals surface area contributed by atoms with Gasteiger partial charge in [-0.15, -0.1) is 0 Å². The summed E-state index contributed by atoms with van der Waals surface area (Å²) >= 11 is 0.